The van der Waals surface area contributed by atoms with E-state index in [-0.39, 0.29) is 5.78 Å². The molecule has 0 aromatic heterocycles. The van der Waals surface area contributed by atoms with Gasteiger partial charge in [0.2, 0.25) is 0 Å². The van der Waals surface area contributed by atoms with Gasteiger partial charge in [0.05, 0.1) is 0 Å². The number of benzene rings is 2. The molecular weight excluding hydrogens is 284 g/mol. The Morgan fingerprint density at radius 3 is 2.75 bits per heavy atom. The average Bonchev–Trinajstić information content (AvgIpc) is 2.87. The molecule has 1 aliphatic heterocycles. The number of carbonyl (C=O) groups excluding carboxylic acids is 1. The molecule has 0 saturated carbocycles. The summed E-state index contributed by atoms with van der Waals surface area (Å²) in [5.41, 5.74) is 1.82. The van der Waals surface area contributed by atoms with Crippen LogP contribution in [0.3, 0.4) is 0 Å². The maximum atomic E-state index is 12.9. The lowest BCUT2D eigenvalue weighted by atomic mass is 9.96. The van der Waals surface area contributed by atoms with Crippen molar-refractivity contribution in [1.82, 2.24) is 0 Å². The van der Waals surface area contributed by atoms with Crippen molar-refractivity contribution in [3.8, 4) is 0 Å². The molecule has 1 heterocycles. The van der Waals surface area contributed by atoms with E-state index in [0.29, 0.717) is 5.25 Å². The highest BCUT2D eigenvalue weighted by Gasteiger charge is 2.27. The molecule has 0 fully saturated rings. The third kappa shape index (κ3) is 2.40. The van der Waals surface area contributed by atoms with Crippen molar-refractivity contribution < 1.29 is 4.79 Å². The lowest BCUT2D eigenvalue weighted by Crippen LogP contribution is -2.05. The minimum absolute atomic E-state index is 0.197. The molecule has 2 aromatic rings. The van der Waals surface area contributed by atoms with Crippen molar-refractivity contribution in [2.75, 3.05) is 6.26 Å². The van der Waals surface area contributed by atoms with Crippen molar-refractivity contribution in [3.05, 3.63) is 57.8 Å². The molecule has 3 heteroatoms. The van der Waals surface area contributed by atoms with Crippen LogP contribution < -0.4 is 0 Å². The van der Waals surface area contributed by atoms with Crippen molar-refractivity contribution in [3.63, 3.8) is 0 Å². The maximum absolute atomic E-state index is 12.9. The van der Waals surface area contributed by atoms with Gasteiger partial charge in [0.1, 0.15) is 0 Å². The highest BCUT2D eigenvalue weighted by atomic mass is 32.2. The number of allylic oxidation sites excluding steroid dienone is 1. The molecule has 1 aliphatic rings. The third-order valence-electron chi connectivity index (χ3n) is 3.54. The Morgan fingerprint density at radius 1 is 1.20 bits per heavy atom. The van der Waals surface area contributed by atoms with Crippen molar-refractivity contribution in [2.24, 2.45) is 0 Å². The lowest BCUT2D eigenvalue weighted by Gasteiger charge is -2.07. The first-order chi connectivity index (χ1) is 9.70. The Kier molecular flexibility index (Phi) is 3.90. The van der Waals surface area contributed by atoms with Crippen molar-refractivity contribution >= 4 is 40.1 Å². The maximum Gasteiger partial charge on any atom is 0.191 e. The monoisotopic (exact) mass is 300 g/mol. The quantitative estimate of drug-likeness (QED) is 0.732. The molecule has 3 rings (SSSR count). The van der Waals surface area contributed by atoms with Crippen LogP contribution in [0.1, 0.15) is 23.7 Å². The average molecular weight is 300 g/mol. The zero-order valence-corrected chi connectivity index (χ0v) is 13.2. The van der Waals surface area contributed by atoms with Crippen LogP contribution in [-0.4, -0.2) is 17.3 Å². The van der Waals surface area contributed by atoms with Gasteiger partial charge in [0, 0.05) is 20.6 Å². The minimum Gasteiger partial charge on any atom is -0.289 e. The number of hydrogen-bond acceptors (Lipinski definition) is 3. The van der Waals surface area contributed by atoms with E-state index in [1.54, 1.807) is 11.8 Å². The molecule has 2 aromatic carbocycles. The predicted octanol–water partition coefficient (Wildman–Crippen LogP) is 5.12. The van der Waals surface area contributed by atoms with E-state index >= 15 is 0 Å². The number of carbonyl (C=O) groups is 1. The van der Waals surface area contributed by atoms with Crippen LogP contribution in [0.15, 0.2) is 52.3 Å². The summed E-state index contributed by atoms with van der Waals surface area (Å²) in [4.78, 5) is 12.9. The first-order valence-corrected chi connectivity index (χ1v) is 8.77. The molecule has 0 bridgehead atoms. The second-order valence-electron chi connectivity index (χ2n) is 4.96. The second-order valence-corrected chi connectivity index (χ2v) is 7.48. The summed E-state index contributed by atoms with van der Waals surface area (Å²) in [6.45, 7) is 2.18. The molecule has 0 saturated heterocycles. The second kappa shape index (κ2) is 5.66. The van der Waals surface area contributed by atoms with Gasteiger partial charge in [-0.2, -0.15) is 0 Å². The molecule has 0 spiro atoms. The molecule has 1 unspecified atom stereocenters. The summed E-state index contributed by atoms with van der Waals surface area (Å²) >= 11 is 3.52. The lowest BCUT2D eigenvalue weighted by molar-refractivity contribution is 0.103. The first kappa shape index (κ1) is 13.8. The van der Waals surface area contributed by atoms with E-state index in [2.05, 4.69) is 25.3 Å². The molecule has 1 nitrogen and oxygen atoms in total. The van der Waals surface area contributed by atoms with E-state index in [0.717, 1.165) is 28.3 Å². The number of Topliss-reactive ketones (excluding diaryl/α,β-unsaturated/α-hetero) is 1. The number of hydrogen-bond donors (Lipinski definition) is 0. The number of ketones is 1. The summed E-state index contributed by atoms with van der Waals surface area (Å²) in [6, 6.07) is 14.1. The van der Waals surface area contributed by atoms with Crippen LogP contribution in [-0.2, 0) is 0 Å². The van der Waals surface area contributed by atoms with Gasteiger partial charge in [0.15, 0.2) is 5.78 Å². The van der Waals surface area contributed by atoms with Crippen LogP contribution in [0.5, 0.6) is 0 Å². The van der Waals surface area contributed by atoms with Crippen molar-refractivity contribution in [2.45, 2.75) is 18.6 Å². The Morgan fingerprint density at radius 2 is 1.95 bits per heavy atom. The summed E-state index contributed by atoms with van der Waals surface area (Å²) in [5.74, 6) is 0.197. The van der Waals surface area contributed by atoms with Crippen LogP contribution >= 0.6 is 23.5 Å². The van der Waals surface area contributed by atoms with Gasteiger partial charge in [-0.1, -0.05) is 49.4 Å². The van der Waals surface area contributed by atoms with Crippen LogP contribution in [0, 0.1) is 0 Å². The van der Waals surface area contributed by atoms with Gasteiger partial charge in [0.25, 0.3) is 0 Å². The first-order valence-electron chi connectivity index (χ1n) is 6.67. The summed E-state index contributed by atoms with van der Waals surface area (Å²) in [5, 5.41) is 2.69. The zero-order valence-electron chi connectivity index (χ0n) is 11.6. The van der Waals surface area contributed by atoms with Gasteiger partial charge in [-0.25, -0.2) is 0 Å². The standard InChI is InChI=1S/C17H16OS2/c1-11-10-15(17(19-2)20-11)16(18)14-9-5-7-12-6-3-4-8-13(12)14/h3-9,11H,10H2,1-2H3. The molecule has 1 atom stereocenters. The molecule has 102 valence electrons. The van der Waals surface area contributed by atoms with E-state index in [1.807, 2.05) is 42.1 Å². The van der Waals surface area contributed by atoms with Gasteiger partial charge in [-0.3, -0.25) is 4.79 Å². The SMILES string of the molecule is CSC1=C(C(=O)c2cccc3ccccc23)CC(C)S1. The fraction of sp³-hybridized carbons (Fsp3) is 0.235. The Labute approximate surface area is 127 Å². The summed E-state index contributed by atoms with van der Waals surface area (Å²) in [6.07, 6.45) is 2.93. The normalized spacial score (nSPS) is 18.8. The zero-order chi connectivity index (χ0) is 14.1. The van der Waals surface area contributed by atoms with Crippen molar-refractivity contribution in [1.29, 1.82) is 0 Å². The molecule has 0 radical (unpaired) electrons. The Bertz CT molecular complexity index is 698. The molecule has 0 N–H and O–H groups in total. The van der Waals surface area contributed by atoms with E-state index in [9.17, 15) is 4.79 Å². The predicted molar refractivity (Wildman–Crippen MR) is 90.5 cm³/mol. The minimum atomic E-state index is 0.197. The third-order valence-corrected chi connectivity index (χ3v) is 5.98. The largest absolute Gasteiger partial charge is 0.289 e. The highest BCUT2D eigenvalue weighted by Crippen LogP contribution is 2.44. The fourth-order valence-electron chi connectivity index (χ4n) is 2.61. The van der Waals surface area contributed by atoms with Gasteiger partial charge in [-0.15, -0.1) is 23.5 Å². The van der Waals surface area contributed by atoms with Crippen LogP contribution in [0.4, 0.5) is 0 Å². The van der Waals surface area contributed by atoms with Gasteiger partial charge < -0.3 is 0 Å². The number of fused-ring (bicyclic) bond motifs is 1. The number of thioether (sulfide) groups is 2. The van der Waals surface area contributed by atoms with Crippen LogP contribution in [0.2, 0.25) is 0 Å². The van der Waals surface area contributed by atoms with Gasteiger partial charge in [-0.05, 0) is 23.4 Å². The van der Waals surface area contributed by atoms with E-state index < -0.39 is 0 Å². The summed E-state index contributed by atoms with van der Waals surface area (Å²) < 4.78 is 1.19. The fourth-order valence-corrected chi connectivity index (χ4v) is 4.84. The molecule has 20 heavy (non-hydrogen) atoms. The summed E-state index contributed by atoms with van der Waals surface area (Å²) in [7, 11) is 0. The Hall–Kier alpha value is -1.19. The van der Waals surface area contributed by atoms with E-state index in [4.69, 9.17) is 0 Å². The van der Waals surface area contributed by atoms with E-state index in [1.165, 1.54) is 4.24 Å². The highest BCUT2D eigenvalue weighted by molar-refractivity contribution is 8.22. The van der Waals surface area contributed by atoms with Crippen LogP contribution in [0.25, 0.3) is 10.8 Å². The topological polar surface area (TPSA) is 17.1 Å². The molecular formula is C17H16OS2. The van der Waals surface area contributed by atoms with Gasteiger partial charge >= 0.3 is 0 Å². The molecule has 0 aliphatic carbocycles. The smallest absolute Gasteiger partial charge is 0.191 e. The number of rotatable bonds is 3. The Balaban J connectivity index is 2.10. The molecule has 0 amide bonds.